The molecule has 0 aromatic heterocycles. The van der Waals surface area contributed by atoms with E-state index in [-0.39, 0.29) is 11.9 Å². The van der Waals surface area contributed by atoms with Crippen molar-refractivity contribution in [2.24, 2.45) is 5.92 Å². The van der Waals surface area contributed by atoms with Gasteiger partial charge in [-0.2, -0.15) is 0 Å². The molecular formula is C8H12O2. The fourth-order valence-electron chi connectivity index (χ4n) is 1.06. The van der Waals surface area contributed by atoms with Crippen LogP contribution >= 0.6 is 0 Å². The smallest absolute Gasteiger partial charge is 0.184 e. The first-order chi connectivity index (χ1) is 4.79. The lowest BCUT2D eigenvalue weighted by Crippen LogP contribution is -2.22. The Bertz CT molecular complexity index is 147. The van der Waals surface area contributed by atoms with E-state index in [1.165, 1.54) is 6.08 Å². The molecular weight excluding hydrogens is 128 g/mol. The molecule has 1 rings (SSSR count). The second kappa shape index (κ2) is 2.97. The minimum absolute atomic E-state index is 0.0185. The van der Waals surface area contributed by atoms with Gasteiger partial charge in [0.2, 0.25) is 0 Å². The average Bonchev–Trinajstić information content (AvgIpc) is 2.73. The van der Waals surface area contributed by atoms with Crippen LogP contribution in [-0.4, -0.2) is 19.0 Å². The molecule has 1 unspecified atom stereocenters. The van der Waals surface area contributed by atoms with E-state index < -0.39 is 0 Å². The molecule has 0 aromatic carbocycles. The molecule has 1 aliphatic rings. The summed E-state index contributed by atoms with van der Waals surface area (Å²) in [5, 5.41) is 0. The Hall–Kier alpha value is -0.630. The predicted molar refractivity (Wildman–Crippen MR) is 38.7 cm³/mol. The summed E-state index contributed by atoms with van der Waals surface area (Å²) in [7, 11) is 1.57. The van der Waals surface area contributed by atoms with Crippen LogP contribution in [0.25, 0.3) is 0 Å². The molecule has 0 aromatic rings. The van der Waals surface area contributed by atoms with E-state index in [2.05, 4.69) is 6.58 Å². The Kier molecular flexibility index (Phi) is 2.22. The molecule has 0 spiro atoms. The zero-order valence-electron chi connectivity index (χ0n) is 6.17. The summed E-state index contributed by atoms with van der Waals surface area (Å²) in [6.07, 6.45) is 3.38. The van der Waals surface area contributed by atoms with Gasteiger partial charge in [0.15, 0.2) is 5.78 Å². The van der Waals surface area contributed by atoms with Gasteiger partial charge in [-0.15, -0.1) is 0 Å². The minimum atomic E-state index is -0.211. The second-order valence-corrected chi connectivity index (χ2v) is 2.60. The quantitative estimate of drug-likeness (QED) is 0.548. The van der Waals surface area contributed by atoms with Crippen molar-refractivity contribution in [1.29, 1.82) is 0 Å². The van der Waals surface area contributed by atoms with Gasteiger partial charge in [0.1, 0.15) is 6.10 Å². The van der Waals surface area contributed by atoms with Crippen LogP contribution in [0.15, 0.2) is 12.7 Å². The second-order valence-electron chi connectivity index (χ2n) is 2.60. The maximum Gasteiger partial charge on any atom is 0.184 e. The predicted octanol–water partition coefficient (Wildman–Crippen LogP) is 1.17. The average molecular weight is 140 g/mol. The largest absolute Gasteiger partial charge is 0.373 e. The number of ketones is 1. The summed E-state index contributed by atoms with van der Waals surface area (Å²) in [5.74, 6) is 0.487. The number of hydrogen-bond acceptors (Lipinski definition) is 2. The summed E-state index contributed by atoms with van der Waals surface area (Å²) in [6.45, 7) is 3.41. The number of carbonyl (C=O) groups is 1. The number of carbonyl (C=O) groups excluding carboxylic acids is 1. The Labute approximate surface area is 60.9 Å². The molecule has 1 aliphatic carbocycles. The summed E-state index contributed by atoms with van der Waals surface area (Å²) >= 11 is 0. The molecule has 0 N–H and O–H groups in total. The Morgan fingerprint density at radius 2 is 2.40 bits per heavy atom. The van der Waals surface area contributed by atoms with Gasteiger partial charge in [-0.3, -0.25) is 4.79 Å². The minimum Gasteiger partial charge on any atom is -0.373 e. The van der Waals surface area contributed by atoms with Crippen molar-refractivity contribution in [3.8, 4) is 0 Å². The third kappa shape index (κ3) is 1.45. The normalized spacial score (nSPS) is 20.1. The SMILES string of the molecule is C=CC(=O)C(OC)C1CC1. The van der Waals surface area contributed by atoms with E-state index in [0.29, 0.717) is 5.92 Å². The summed E-state index contributed by atoms with van der Waals surface area (Å²) in [5.41, 5.74) is 0. The number of rotatable bonds is 4. The highest BCUT2D eigenvalue weighted by atomic mass is 16.5. The Morgan fingerprint density at radius 3 is 2.70 bits per heavy atom. The third-order valence-corrected chi connectivity index (χ3v) is 1.79. The molecule has 0 saturated heterocycles. The highest BCUT2D eigenvalue weighted by molar-refractivity contribution is 5.93. The van der Waals surface area contributed by atoms with E-state index in [9.17, 15) is 4.79 Å². The number of ether oxygens (including phenoxy) is 1. The van der Waals surface area contributed by atoms with E-state index >= 15 is 0 Å². The van der Waals surface area contributed by atoms with Crippen molar-refractivity contribution in [3.05, 3.63) is 12.7 Å². The molecule has 1 fully saturated rings. The molecule has 0 radical (unpaired) electrons. The topological polar surface area (TPSA) is 26.3 Å². The van der Waals surface area contributed by atoms with Crippen molar-refractivity contribution in [3.63, 3.8) is 0 Å². The van der Waals surface area contributed by atoms with Gasteiger partial charge in [-0.05, 0) is 24.8 Å². The van der Waals surface area contributed by atoms with Crippen molar-refractivity contribution in [2.75, 3.05) is 7.11 Å². The van der Waals surface area contributed by atoms with Crippen LogP contribution in [-0.2, 0) is 9.53 Å². The van der Waals surface area contributed by atoms with Gasteiger partial charge < -0.3 is 4.74 Å². The fourth-order valence-corrected chi connectivity index (χ4v) is 1.06. The highest BCUT2D eigenvalue weighted by Crippen LogP contribution is 2.34. The lowest BCUT2D eigenvalue weighted by atomic mass is 10.1. The highest BCUT2D eigenvalue weighted by Gasteiger charge is 2.34. The Morgan fingerprint density at radius 1 is 1.80 bits per heavy atom. The molecule has 10 heavy (non-hydrogen) atoms. The van der Waals surface area contributed by atoms with Gasteiger partial charge in [-0.25, -0.2) is 0 Å². The first-order valence-corrected chi connectivity index (χ1v) is 3.48. The molecule has 2 heteroatoms. The van der Waals surface area contributed by atoms with Crippen molar-refractivity contribution < 1.29 is 9.53 Å². The van der Waals surface area contributed by atoms with Crippen LogP contribution in [0.5, 0.6) is 0 Å². The van der Waals surface area contributed by atoms with Crippen LogP contribution in [0.3, 0.4) is 0 Å². The zero-order chi connectivity index (χ0) is 7.56. The van der Waals surface area contributed by atoms with Crippen LogP contribution < -0.4 is 0 Å². The summed E-state index contributed by atoms with van der Waals surface area (Å²) in [6, 6.07) is 0. The van der Waals surface area contributed by atoms with Crippen molar-refractivity contribution in [2.45, 2.75) is 18.9 Å². The van der Waals surface area contributed by atoms with E-state index in [1.807, 2.05) is 0 Å². The molecule has 0 bridgehead atoms. The number of hydrogen-bond donors (Lipinski definition) is 0. The molecule has 0 aliphatic heterocycles. The fraction of sp³-hybridized carbons (Fsp3) is 0.625. The van der Waals surface area contributed by atoms with Gasteiger partial charge in [-0.1, -0.05) is 6.58 Å². The summed E-state index contributed by atoms with van der Waals surface area (Å²) < 4.78 is 5.01. The lowest BCUT2D eigenvalue weighted by molar-refractivity contribution is -0.125. The monoisotopic (exact) mass is 140 g/mol. The van der Waals surface area contributed by atoms with Crippen molar-refractivity contribution >= 4 is 5.78 Å². The van der Waals surface area contributed by atoms with Gasteiger partial charge >= 0.3 is 0 Å². The molecule has 1 atom stereocenters. The van der Waals surface area contributed by atoms with Crippen LogP contribution in [0.2, 0.25) is 0 Å². The van der Waals surface area contributed by atoms with E-state index in [0.717, 1.165) is 12.8 Å². The van der Waals surface area contributed by atoms with Crippen LogP contribution in [0.1, 0.15) is 12.8 Å². The standard InChI is InChI=1S/C8H12O2/c1-3-7(9)8(10-2)6-4-5-6/h3,6,8H,1,4-5H2,2H3. The molecule has 1 saturated carbocycles. The van der Waals surface area contributed by atoms with Crippen molar-refractivity contribution in [1.82, 2.24) is 0 Å². The van der Waals surface area contributed by atoms with Crippen LogP contribution in [0.4, 0.5) is 0 Å². The van der Waals surface area contributed by atoms with E-state index in [4.69, 9.17) is 4.74 Å². The zero-order valence-corrected chi connectivity index (χ0v) is 6.17. The Balaban J connectivity index is 2.45. The molecule has 0 heterocycles. The molecule has 2 nitrogen and oxygen atoms in total. The van der Waals surface area contributed by atoms with Gasteiger partial charge in [0.25, 0.3) is 0 Å². The third-order valence-electron chi connectivity index (χ3n) is 1.79. The first-order valence-electron chi connectivity index (χ1n) is 3.48. The number of methoxy groups -OCH3 is 1. The molecule has 56 valence electrons. The van der Waals surface area contributed by atoms with Crippen LogP contribution in [0, 0.1) is 5.92 Å². The van der Waals surface area contributed by atoms with Gasteiger partial charge in [0, 0.05) is 7.11 Å². The summed E-state index contributed by atoms with van der Waals surface area (Å²) in [4.78, 5) is 11.0. The maximum atomic E-state index is 11.0. The lowest BCUT2D eigenvalue weighted by Gasteiger charge is -2.08. The van der Waals surface area contributed by atoms with Gasteiger partial charge in [0.05, 0.1) is 0 Å². The first kappa shape index (κ1) is 7.48. The van der Waals surface area contributed by atoms with E-state index in [1.54, 1.807) is 7.11 Å². The molecule has 0 amide bonds. The maximum absolute atomic E-state index is 11.0.